The zero-order valence-corrected chi connectivity index (χ0v) is 16.5. The number of carbonyl (C=O) groups excluding carboxylic acids is 1. The van der Waals surface area contributed by atoms with Crippen LogP contribution in [0.4, 0.5) is 15.6 Å². The van der Waals surface area contributed by atoms with Gasteiger partial charge in [0.15, 0.2) is 5.13 Å². The number of amides is 2. The van der Waals surface area contributed by atoms with Gasteiger partial charge in [-0.25, -0.2) is 9.78 Å². The number of carbonyl (C=O) groups is 1. The molecule has 2 heterocycles. The van der Waals surface area contributed by atoms with Crippen molar-refractivity contribution < 1.29 is 4.79 Å². The van der Waals surface area contributed by atoms with E-state index in [1.165, 1.54) is 55.5 Å². The van der Waals surface area contributed by atoms with Gasteiger partial charge in [0.2, 0.25) is 0 Å². The molecule has 1 aliphatic carbocycles. The van der Waals surface area contributed by atoms with E-state index in [9.17, 15) is 4.79 Å². The number of urea groups is 1. The van der Waals surface area contributed by atoms with Gasteiger partial charge in [0.25, 0.3) is 0 Å². The highest BCUT2D eigenvalue weighted by molar-refractivity contribution is 7.23. The molecule has 0 radical (unpaired) electrons. The Balaban J connectivity index is 1.52. The first-order valence-electron chi connectivity index (χ1n) is 9.62. The van der Waals surface area contributed by atoms with E-state index in [-0.39, 0.29) is 12.1 Å². The standard InChI is InChI=1S/C19H25ClN4OS/c20-14-9-10-15(24-11-5-2-6-12-24)17-16(14)22-19(26-17)23-18(25)21-13-7-3-1-4-8-13/h9-10,13H,1-8,11-12H2,(H2,21,22,23,25). The van der Waals surface area contributed by atoms with Crippen LogP contribution in [0.15, 0.2) is 12.1 Å². The summed E-state index contributed by atoms with van der Waals surface area (Å²) in [7, 11) is 0. The van der Waals surface area contributed by atoms with Crippen LogP contribution in [-0.2, 0) is 0 Å². The molecule has 2 fully saturated rings. The van der Waals surface area contributed by atoms with Gasteiger partial charge in [-0.3, -0.25) is 5.32 Å². The van der Waals surface area contributed by atoms with E-state index in [1.807, 2.05) is 6.07 Å². The minimum Gasteiger partial charge on any atom is -0.370 e. The van der Waals surface area contributed by atoms with Gasteiger partial charge in [0.1, 0.15) is 5.52 Å². The van der Waals surface area contributed by atoms with Gasteiger partial charge < -0.3 is 10.2 Å². The van der Waals surface area contributed by atoms with Crippen molar-refractivity contribution in [2.45, 2.75) is 57.4 Å². The topological polar surface area (TPSA) is 57.3 Å². The number of nitrogens with zero attached hydrogens (tertiary/aromatic N) is 2. The zero-order valence-electron chi connectivity index (χ0n) is 14.9. The number of hydrogen-bond acceptors (Lipinski definition) is 4. The molecule has 1 aromatic heterocycles. The lowest BCUT2D eigenvalue weighted by Crippen LogP contribution is -2.38. The predicted octanol–water partition coefficient (Wildman–Crippen LogP) is 5.39. The molecular weight excluding hydrogens is 368 g/mol. The third-order valence-electron chi connectivity index (χ3n) is 5.33. The van der Waals surface area contributed by atoms with E-state index in [0.717, 1.165) is 36.1 Å². The number of piperidine rings is 1. The summed E-state index contributed by atoms with van der Waals surface area (Å²) < 4.78 is 1.06. The average molecular weight is 393 g/mol. The SMILES string of the molecule is O=C(Nc1nc2c(Cl)ccc(N3CCCCC3)c2s1)NC1CCCCC1. The van der Waals surface area contributed by atoms with Gasteiger partial charge in [0, 0.05) is 19.1 Å². The van der Waals surface area contributed by atoms with Crippen molar-refractivity contribution in [1.82, 2.24) is 10.3 Å². The Labute approximate surface area is 163 Å². The number of hydrogen-bond donors (Lipinski definition) is 2. The highest BCUT2D eigenvalue weighted by atomic mass is 35.5. The van der Waals surface area contributed by atoms with Crippen molar-refractivity contribution in [2.75, 3.05) is 23.3 Å². The van der Waals surface area contributed by atoms with Crippen LogP contribution in [0, 0.1) is 0 Å². The smallest absolute Gasteiger partial charge is 0.321 e. The van der Waals surface area contributed by atoms with Crippen molar-refractivity contribution in [3.8, 4) is 0 Å². The van der Waals surface area contributed by atoms with E-state index in [4.69, 9.17) is 11.6 Å². The van der Waals surface area contributed by atoms with Crippen LogP contribution in [0.25, 0.3) is 10.2 Å². The second kappa shape index (κ2) is 8.01. The maximum atomic E-state index is 12.3. The quantitative estimate of drug-likeness (QED) is 0.735. The molecule has 0 unspecified atom stereocenters. The van der Waals surface area contributed by atoms with Crippen molar-refractivity contribution in [3.63, 3.8) is 0 Å². The van der Waals surface area contributed by atoms with Crippen LogP contribution in [0.1, 0.15) is 51.4 Å². The summed E-state index contributed by atoms with van der Waals surface area (Å²) in [4.78, 5) is 19.3. The molecule has 0 atom stereocenters. The lowest BCUT2D eigenvalue weighted by Gasteiger charge is -2.29. The van der Waals surface area contributed by atoms with Gasteiger partial charge in [-0.2, -0.15) is 0 Å². The van der Waals surface area contributed by atoms with E-state index >= 15 is 0 Å². The fraction of sp³-hybridized carbons (Fsp3) is 0.579. The molecule has 5 nitrogen and oxygen atoms in total. The molecule has 1 saturated heterocycles. The Kier molecular flexibility index (Phi) is 5.50. The maximum absolute atomic E-state index is 12.3. The minimum absolute atomic E-state index is 0.161. The highest BCUT2D eigenvalue weighted by Gasteiger charge is 2.20. The van der Waals surface area contributed by atoms with Gasteiger partial charge in [-0.1, -0.05) is 42.2 Å². The second-order valence-corrected chi connectivity index (χ2v) is 8.65. The molecule has 26 heavy (non-hydrogen) atoms. The Bertz CT molecular complexity index is 781. The van der Waals surface area contributed by atoms with Crippen LogP contribution in [-0.4, -0.2) is 30.1 Å². The third kappa shape index (κ3) is 3.91. The van der Waals surface area contributed by atoms with Gasteiger partial charge in [-0.05, 0) is 44.2 Å². The van der Waals surface area contributed by atoms with E-state index in [2.05, 4.69) is 26.6 Å². The van der Waals surface area contributed by atoms with Crippen molar-refractivity contribution in [2.24, 2.45) is 0 Å². The number of nitrogens with one attached hydrogen (secondary N) is 2. The highest BCUT2D eigenvalue weighted by Crippen LogP contribution is 2.39. The summed E-state index contributed by atoms with van der Waals surface area (Å²) in [6, 6.07) is 4.12. The average Bonchev–Trinajstić information content (AvgIpc) is 3.08. The Morgan fingerprint density at radius 1 is 1.12 bits per heavy atom. The number of anilines is 2. The van der Waals surface area contributed by atoms with E-state index in [1.54, 1.807) is 0 Å². The number of aromatic nitrogens is 1. The number of benzene rings is 1. The molecular formula is C19H25ClN4OS. The van der Waals surface area contributed by atoms with E-state index < -0.39 is 0 Å². The van der Waals surface area contributed by atoms with Crippen LogP contribution in [0.5, 0.6) is 0 Å². The summed E-state index contributed by atoms with van der Waals surface area (Å²) in [6.45, 7) is 2.14. The number of thiazole rings is 1. The molecule has 1 aliphatic heterocycles. The number of halogens is 1. The first-order valence-corrected chi connectivity index (χ1v) is 10.8. The van der Waals surface area contributed by atoms with Crippen molar-refractivity contribution in [1.29, 1.82) is 0 Å². The van der Waals surface area contributed by atoms with Gasteiger partial charge >= 0.3 is 6.03 Å². The van der Waals surface area contributed by atoms with Gasteiger partial charge in [-0.15, -0.1) is 0 Å². The normalized spacial score (nSPS) is 18.9. The Morgan fingerprint density at radius 2 is 1.85 bits per heavy atom. The maximum Gasteiger partial charge on any atom is 0.321 e. The monoisotopic (exact) mass is 392 g/mol. The summed E-state index contributed by atoms with van der Waals surface area (Å²) in [5.74, 6) is 0. The molecule has 2 amide bonds. The molecule has 0 spiro atoms. The lowest BCUT2D eigenvalue weighted by atomic mass is 9.96. The Morgan fingerprint density at radius 3 is 2.62 bits per heavy atom. The molecule has 1 saturated carbocycles. The summed E-state index contributed by atoms with van der Waals surface area (Å²) in [5.41, 5.74) is 1.97. The van der Waals surface area contributed by atoms with Crippen molar-refractivity contribution in [3.05, 3.63) is 17.2 Å². The van der Waals surface area contributed by atoms with Crippen LogP contribution in [0.2, 0.25) is 5.02 Å². The number of rotatable bonds is 3. The summed E-state index contributed by atoms with van der Waals surface area (Å²) in [6.07, 6.45) is 9.54. The lowest BCUT2D eigenvalue weighted by molar-refractivity contribution is 0.244. The molecule has 0 bridgehead atoms. The predicted molar refractivity (Wildman–Crippen MR) is 110 cm³/mol. The first-order chi connectivity index (χ1) is 12.7. The number of fused-ring (bicyclic) bond motifs is 1. The second-order valence-electron chi connectivity index (χ2n) is 7.24. The first kappa shape index (κ1) is 17.9. The molecule has 140 valence electrons. The fourth-order valence-electron chi connectivity index (χ4n) is 3.97. The molecule has 7 heteroatoms. The van der Waals surface area contributed by atoms with Gasteiger partial charge in [0.05, 0.1) is 15.4 Å². The molecule has 2 aliphatic rings. The van der Waals surface area contributed by atoms with Crippen molar-refractivity contribution >= 4 is 50.0 Å². The summed E-state index contributed by atoms with van der Waals surface area (Å²) in [5, 5.41) is 7.24. The Hall–Kier alpha value is -1.53. The fourth-order valence-corrected chi connectivity index (χ4v) is 5.25. The largest absolute Gasteiger partial charge is 0.370 e. The minimum atomic E-state index is -0.161. The zero-order chi connectivity index (χ0) is 17.9. The molecule has 2 aromatic rings. The van der Waals surface area contributed by atoms with Crippen LogP contribution >= 0.6 is 22.9 Å². The van der Waals surface area contributed by atoms with Crippen LogP contribution < -0.4 is 15.5 Å². The van der Waals surface area contributed by atoms with E-state index in [0.29, 0.717) is 10.2 Å². The molecule has 2 N–H and O–H groups in total. The van der Waals surface area contributed by atoms with Crippen LogP contribution in [0.3, 0.4) is 0 Å². The molecule has 1 aromatic carbocycles. The third-order valence-corrected chi connectivity index (χ3v) is 6.63. The molecule has 4 rings (SSSR count). The summed E-state index contributed by atoms with van der Waals surface area (Å²) >= 11 is 7.88.